The van der Waals surface area contributed by atoms with Gasteiger partial charge in [0, 0.05) is 0 Å². The Morgan fingerprint density at radius 1 is 0.588 bits per heavy atom. The Labute approximate surface area is 208 Å². The number of allylic oxidation sites excluding steroid dienone is 4. The van der Waals surface area contributed by atoms with Crippen molar-refractivity contribution in [3.63, 3.8) is 0 Å². The van der Waals surface area contributed by atoms with E-state index in [9.17, 15) is 0 Å². The fraction of sp³-hybridized carbons (Fsp3) is 0.333. The summed E-state index contributed by atoms with van der Waals surface area (Å²) in [5, 5.41) is 6.30. The first-order chi connectivity index (χ1) is 16.2. The van der Waals surface area contributed by atoms with Crippen LogP contribution >= 0.6 is 0 Å². The van der Waals surface area contributed by atoms with Crippen molar-refractivity contribution in [1.82, 2.24) is 0 Å². The summed E-state index contributed by atoms with van der Waals surface area (Å²) in [6.07, 6.45) is 9.60. The second kappa shape index (κ2) is 9.92. The van der Waals surface area contributed by atoms with Crippen LogP contribution in [-0.2, 0) is 0 Å². The molecule has 0 aliphatic heterocycles. The molecule has 1 heteroatoms. The second-order valence-corrected chi connectivity index (χ2v) is 14.4. The lowest BCUT2D eigenvalue weighted by atomic mass is 10.1. The highest BCUT2D eigenvalue weighted by Gasteiger charge is 2.45. The Bertz CT molecular complexity index is 1090. The standard InChI is InChI=1S/C33H40Si/c1-8-9-11-29-12-10-13-33(29)34(30-17-23(2)14-24(3)18-30,31-19-25(4)15-26(5)20-31)32-21-27(6)16-28(7)22-32/h10,12,14-22H,8-9,11,13H2,1-7H3. The van der Waals surface area contributed by atoms with Crippen molar-refractivity contribution in [2.24, 2.45) is 0 Å². The lowest BCUT2D eigenvalue weighted by Gasteiger charge is -2.38. The lowest BCUT2D eigenvalue weighted by molar-refractivity contribution is 0.797. The summed E-state index contributed by atoms with van der Waals surface area (Å²) < 4.78 is 0. The minimum absolute atomic E-state index is 1.07. The summed E-state index contributed by atoms with van der Waals surface area (Å²) in [6.45, 7) is 15.9. The van der Waals surface area contributed by atoms with E-state index in [-0.39, 0.29) is 0 Å². The SMILES string of the molecule is CCCCC1=C([Si](c2cc(C)cc(C)c2)(c2cc(C)cc(C)c2)c2cc(C)cc(C)c2)CC=C1. The molecule has 3 aromatic carbocycles. The van der Waals surface area contributed by atoms with Gasteiger partial charge in [-0.15, -0.1) is 0 Å². The average Bonchev–Trinajstić information content (AvgIpc) is 3.19. The third kappa shape index (κ3) is 4.64. The summed E-state index contributed by atoms with van der Waals surface area (Å²) in [5.41, 5.74) is 9.77. The van der Waals surface area contributed by atoms with Gasteiger partial charge in [0.2, 0.25) is 0 Å². The molecule has 0 radical (unpaired) electrons. The number of hydrogen-bond acceptors (Lipinski definition) is 0. The molecule has 0 atom stereocenters. The Hall–Kier alpha value is -2.64. The zero-order valence-corrected chi connectivity index (χ0v) is 23.2. The number of hydrogen-bond donors (Lipinski definition) is 0. The van der Waals surface area contributed by atoms with E-state index < -0.39 is 8.07 Å². The van der Waals surface area contributed by atoms with Crippen LogP contribution in [0.4, 0.5) is 0 Å². The van der Waals surface area contributed by atoms with E-state index in [2.05, 4.69) is 115 Å². The largest absolute Gasteiger partial charge is 0.176 e. The van der Waals surface area contributed by atoms with Gasteiger partial charge < -0.3 is 0 Å². The van der Waals surface area contributed by atoms with E-state index >= 15 is 0 Å². The van der Waals surface area contributed by atoms with Gasteiger partial charge in [-0.3, -0.25) is 0 Å². The quantitative estimate of drug-likeness (QED) is 0.261. The topological polar surface area (TPSA) is 0 Å². The number of unbranched alkanes of at least 4 members (excludes halogenated alkanes) is 1. The molecule has 4 rings (SSSR count). The maximum atomic E-state index is 2.50. The molecular formula is C33H40Si. The van der Waals surface area contributed by atoms with Crippen LogP contribution in [0.2, 0.25) is 0 Å². The molecular weight excluding hydrogens is 424 g/mol. The van der Waals surface area contributed by atoms with Gasteiger partial charge in [0.15, 0.2) is 8.07 Å². The maximum absolute atomic E-state index is 2.50. The zero-order chi connectivity index (χ0) is 24.5. The first kappa shape index (κ1) is 24.5. The van der Waals surface area contributed by atoms with Crippen LogP contribution in [0.25, 0.3) is 0 Å². The molecule has 0 saturated carbocycles. The Kier molecular flexibility index (Phi) is 7.14. The van der Waals surface area contributed by atoms with E-state index in [1.165, 1.54) is 68.2 Å². The Balaban J connectivity index is 2.20. The molecule has 0 heterocycles. The van der Waals surface area contributed by atoms with Crippen molar-refractivity contribution < 1.29 is 0 Å². The van der Waals surface area contributed by atoms with E-state index in [1.807, 2.05) is 0 Å². The smallest absolute Gasteiger partial charge is 0.0805 e. The predicted molar refractivity (Wildman–Crippen MR) is 153 cm³/mol. The van der Waals surface area contributed by atoms with Crippen molar-refractivity contribution in [3.05, 3.63) is 111 Å². The molecule has 0 fully saturated rings. The zero-order valence-electron chi connectivity index (χ0n) is 22.2. The van der Waals surface area contributed by atoms with Gasteiger partial charge in [0.05, 0.1) is 0 Å². The second-order valence-electron chi connectivity index (χ2n) is 10.6. The third-order valence-electron chi connectivity index (χ3n) is 7.25. The molecule has 0 amide bonds. The van der Waals surface area contributed by atoms with Crippen LogP contribution in [0, 0.1) is 41.5 Å². The van der Waals surface area contributed by atoms with Crippen molar-refractivity contribution >= 4 is 23.6 Å². The van der Waals surface area contributed by atoms with Crippen LogP contribution in [0.5, 0.6) is 0 Å². The van der Waals surface area contributed by atoms with Crippen LogP contribution in [0.3, 0.4) is 0 Å². The van der Waals surface area contributed by atoms with E-state index in [1.54, 1.807) is 10.8 Å². The average molecular weight is 465 g/mol. The van der Waals surface area contributed by atoms with E-state index in [4.69, 9.17) is 0 Å². The highest BCUT2D eigenvalue weighted by molar-refractivity contribution is 7.16. The summed E-state index contributed by atoms with van der Waals surface area (Å²) in [4.78, 5) is 0. The fourth-order valence-corrected chi connectivity index (χ4v) is 12.0. The van der Waals surface area contributed by atoms with Gasteiger partial charge >= 0.3 is 0 Å². The molecule has 0 unspecified atom stereocenters. The predicted octanol–water partition coefficient (Wildman–Crippen LogP) is 6.99. The van der Waals surface area contributed by atoms with Crippen LogP contribution in [0.1, 0.15) is 66.0 Å². The minimum atomic E-state index is -2.48. The molecule has 3 aromatic rings. The van der Waals surface area contributed by atoms with Crippen LogP contribution in [0.15, 0.2) is 77.5 Å². The van der Waals surface area contributed by atoms with Crippen molar-refractivity contribution in [3.8, 4) is 0 Å². The maximum Gasteiger partial charge on any atom is 0.176 e. The fourth-order valence-electron chi connectivity index (χ4n) is 6.14. The van der Waals surface area contributed by atoms with Crippen LogP contribution in [-0.4, -0.2) is 8.07 Å². The summed E-state index contributed by atoms with van der Waals surface area (Å²) in [6, 6.07) is 22.0. The number of aryl methyl sites for hydroxylation is 6. The molecule has 0 spiro atoms. The van der Waals surface area contributed by atoms with Crippen molar-refractivity contribution in [2.75, 3.05) is 0 Å². The number of benzene rings is 3. The molecule has 0 aromatic heterocycles. The molecule has 1 aliphatic carbocycles. The monoisotopic (exact) mass is 464 g/mol. The van der Waals surface area contributed by atoms with E-state index in [0.717, 1.165) is 6.42 Å². The van der Waals surface area contributed by atoms with Crippen molar-refractivity contribution in [1.29, 1.82) is 0 Å². The van der Waals surface area contributed by atoms with Crippen molar-refractivity contribution in [2.45, 2.75) is 74.1 Å². The Morgan fingerprint density at radius 2 is 0.971 bits per heavy atom. The molecule has 34 heavy (non-hydrogen) atoms. The minimum Gasteiger partial charge on any atom is -0.0805 e. The normalized spacial score (nSPS) is 13.7. The van der Waals surface area contributed by atoms with Crippen LogP contribution < -0.4 is 15.6 Å². The third-order valence-corrected chi connectivity index (χ3v) is 12.1. The molecule has 1 aliphatic rings. The van der Waals surface area contributed by atoms with Gasteiger partial charge in [-0.05, 0) is 76.4 Å². The molecule has 0 saturated heterocycles. The number of rotatable bonds is 7. The summed E-state index contributed by atoms with van der Waals surface area (Å²) >= 11 is 0. The lowest BCUT2D eigenvalue weighted by Crippen LogP contribution is -2.69. The van der Waals surface area contributed by atoms with Gasteiger partial charge in [-0.25, -0.2) is 0 Å². The van der Waals surface area contributed by atoms with E-state index in [0.29, 0.717) is 0 Å². The highest BCUT2D eigenvalue weighted by Crippen LogP contribution is 2.32. The van der Waals surface area contributed by atoms with Gasteiger partial charge in [0.1, 0.15) is 0 Å². The first-order valence-electron chi connectivity index (χ1n) is 12.9. The van der Waals surface area contributed by atoms with Gasteiger partial charge in [0.25, 0.3) is 0 Å². The van der Waals surface area contributed by atoms with Gasteiger partial charge in [-0.2, -0.15) is 0 Å². The molecule has 176 valence electrons. The summed E-state index contributed by atoms with van der Waals surface area (Å²) in [5.74, 6) is 0. The summed E-state index contributed by atoms with van der Waals surface area (Å²) in [7, 11) is -2.48. The molecule has 0 N–H and O–H groups in total. The molecule has 0 nitrogen and oxygen atoms in total. The Morgan fingerprint density at radius 3 is 1.32 bits per heavy atom. The van der Waals surface area contributed by atoms with Gasteiger partial charge in [-0.1, -0.05) is 124 Å². The first-order valence-corrected chi connectivity index (χ1v) is 14.9. The molecule has 0 bridgehead atoms. The highest BCUT2D eigenvalue weighted by atomic mass is 28.3.